The molecule has 0 spiro atoms. The number of thioether (sulfide) groups is 1. The van der Waals surface area contributed by atoms with Crippen molar-refractivity contribution >= 4 is 17.7 Å². The third-order valence-corrected chi connectivity index (χ3v) is 3.15. The van der Waals surface area contributed by atoms with E-state index in [-0.39, 0.29) is 18.1 Å². The lowest BCUT2D eigenvalue weighted by Gasteiger charge is -2.13. The van der Waals surface area contributed by atoms with Crippen molar-refractivity contribution in [3.05, 3.63) is 0 Å². The van der Waals surface area contributed by atoms with Crippen LogP contribution >= 0.6 is 11.8 Å². The zero-order valence-corrected chi connectivity index (χ0v) is 9.23. The number of ether oxygens (including phenoxy) is 1. The number of amides is 1. The summed E-state index contributed by atoms with van der Waals surface area (Å²) in [4.78, 5) is 11.3. The first kappa shape index (κ1) is 11.8. The summed E-state index contributed by atoms with van der Waals surface area (Å²) in [6.45, 7) is 0.727. The summed E-state index contributed by atoms with van der Waals surface area (Å²) >= 11 is 1.55. The lowest BCUT2D eigenvalue weighted by atomic mass is 10.3. The van der Waals surface area contributed by atoms with Gasteiger partial charge in [0.2, 0.25) is 5.91 Å². The number of rotatable bonds is 7. The fourth-order valence-corrected chi connectivity index (χ4v) is 1.80. The maximum absolute atomic E-state index is 11.3. The van der Waals surface area contributed by atoms with Crippen molar-refractivity contribution < 1.29 is 14.6 Å². The molecule has 1 fully saturated rings. The van der Waals surface area contributed by atoms with Gasteiger partial charge in [-0.15, -0.1) is 11.8 Å². The Balaban J connectivity index is 2.04. The van der Waals surface area contributed by atoms with Crippen LogP contribution in [-0.4, -0.2) is 48.4 Å². The van der Waals surface area contributed by atoms with Crippen LogP contribution in [0.1, 0.15) is 12.8 Å². The summed E-state index contributed by atoms with van der Waals surface area (Å²) in [6, 6.07) is 0. The monoisotopic (exact) mass is 219 g/mol. The van der Waals surface area contributed by atoms with Gasteiger partial charge < -0.3 is 15.2 Å². The van der Waals surface area contributed by atoms with E-state index in [1.165, 1.54) is 0 Å². The number of hydrogen-bond acceptors (Lipinski definition) is 4. The molecule has 1 amide bonds. The number of carbonyl (C=O) groups is 1. The number of hydrogen-bond donors (Lipinski definition) is 2. The highest BCUT2D eigenvalue weighted by atomic mass is 32.2. The van der Waals surface area contributed by atoms with Crippen molar-refractivity contribution in [2.75, 3.05) is 31.8 Å². The summed E-state index contributed by atoms with van der Waals surface area (Å²) in [5.74, 6) is 1.29. The highest BCUT2D eigenvalue weighted by molar-refractivity contribution is 7.99. The summed E-state index contributed by atoms with van der Waals surface area (Å²) in [5, 5.41) is 11.8. The minimum absolute atomic E-state index is 0.0117. The minimum atomic E-state index is -0.279. The Morgan fingerprint density at radius 2 is 2.36 bits per heavy atom. The molecule has 0 bridgehead atoms. The lowest BCUT2D eigenvalue weighted by Crippen LogP contribution is -2.40. The third-order valence-electron chi connectivity index (χ3n) is 2.23. The van der Waals surface area contributed by atoms with Gasteiger partial charge in [0.05, 0.1) is 24.5 Å². The van der Waals surface area contributed by atoms with Crippen molar-refractivity contribution in [3.8, 4) is 0 Å². The zero-order chi connectivity index (χ0) is 10.4. The standard InChI is InChI=1S/C9H17NO3S/c1-13-4-5-14-6-8(12)10-9(7-11)2-3-9/h11H,2-7H2,1H3,(H,10,12). The third kappa shape index (κ3) is 3.86. The van der Waals surface area contributed by atoms with E-state index in [1.54, 1.807) is 18.9 Å². The van der Waals surface area contributed by atoms with Crippen LogP contribution in [0.3, 0.4) is 0 Å². The van der Waals surface area contributed by atoms with Gasteiger partial charge in [-0.3, -0.25) is 4.79 Å². The van der Waals surface area contributed by atoms with Crippen molar-refractivity contribution in [1.82, 2.24) is 5.32 Å². The molecule has 4 nitrogen and oxygen atoms in total. The average Bonchev–Trinajstić information content (AvgIpc) is 2.93. The van der Waals surface area contributed by atoms with E-state index < -0.39 is 0 Å². The molecule has 1 aliphatic carbocycles. The van der Waals surface area contributed by atoms with Crippen molar-refractivity contribution in [2.45, 2.75) is 18.4 Å². The fourth-order valence-electron chi connectivity index (χ4n) is 1.11. The molecule has 0 aromatic heterocycles. The number of aliphatic hydroxyl groups excluding tert-OH is 1. The Labute approximate surface area is 88.4 Å². The molecular formula is C9H17NO3S. The number of nitrogens with one attached hydrogen (secondary N) is 1. The lowest BCUT2D eigenvalue weighted by molar-refractivity contribution is -0.119. The molecule has 0 aromatic carbocycles. The average molecular weight is 219 g/mol. The molecule has 0 heterocycles. The SMILES string of the molecule is COCCSCC(=O)NC1(CO)CC1. The van der Waals surface area contributed by atoms with Crippen LogP contribution in [0.25, 0.3) is 0 Å². The normalized spacial score (nSPS) is 17.9. The van der Waals surface area contributed by atoms with Crippen LogP contribution < -0.4 is 5.32 Å². The van der Waals surface area contributed by atoms with E-state index in [4.69, 9.17) is 9.84 Å². The molecule has 0 radical (unpaired) electrons. The predicted molar refractivity (Wildman–Crippen MR) is 56.4 cm³/mol. The van der Waals surface area contributed by atoms with Crippen LogP contribution in [0, 0.1) is 0 Å². The molecular weight excluding hydrogens is 202 g/mol. The highest BCUT2D eigenvalue weighted by Crippen LogP contribution is 2.34. The Bertz CT molecular complexity index is 194. The summed E-state index contributed by atoms with van der Waals surface area (Å²) in [7, 11) is 1.64. The Morgan fingerprint density at radius 3 is 2.86 bits per heavy atom. The van der Waals surface area contributed by atoms with Crippen LogP contribution in [0.4, 0.5) is 0 Å². The van der Waals surface area contributed by atoms with Crippen molar-refractivity contribution in [2.24, 2.45) is 0 Å². The van der Waals surface area contributed by atoms with Crippen LogP contribution in [0.5, 0.6) is 0 Å². The summed E-state index contributed by atoms with van der Waals surface area (Å²) in [6.07, 6.45) is 1.80. The van der Waals surface area contributed by atoms with Crippen LogP contribution in [0.2, 0.25) is 0 Å². The maximum atomic E-state index is 11.3. The predicted octanol–water partition coefficient (Wildman–Crippen LogP) is 0.00710. The molecule has 0 aromatic rings. The first-order valence-electron chi connectivity index (χ1n) is 4.71. The Morgan fingerprint density at radius 1 is 1.64 bits per heavy atom. The molecule has 0 atom stereocenters. The maximum Gasteiger partial charge on any atom is 0.230 e. The first-order valence-corrected chi connectivity index (χ1v) is 5.86. The Hall–Kier alpha value is -0.260. The molecule has 0 unspecified atom stereocenters. The van der Waals surface area contributed by atoms with Gasteiger partial charge in [0.15, 0.2) is 0 Å². The number of aliphatic hydroxyl groups is 1. The number of methoxy groups -OCH3 is 1. The van der Waals surface area contributed by atoms with Crippen LogP contribution in [-0.2, 0) is 9.53 Å². The van der Waals surface area contributed by atoms with Gasteiger partial charge in [-0.1, -0.05) is 0 Å². The minimum Gasteiger partial charge on any atom is -0.394 e. The van der Waals surface area contributed by atoms with E-state index in [0.29, 0.717) is 12.4 Å². The number of carbonyl (C=O) groups excluding carboxylic acids is 1. The second-order valence-electron chi connectivity index (χ2n) is 3.53. The van der Waals surface area contributed by atoms with Gasteiger partial charge >= 0.3 is 0 Å². The smallest absolute Gasteiger partial charge is 0.230 e. The molecule has 1 aliphatic rings. The molecule has 0 saturated heterocycles. The van der Waals surface area contributed by atoms with Crippen molar-refractivity contribution in [1.29, 1.82) is 0 Å². The van der Waals surface area contributed by atoms with Gasteiger partial charge in [0, 0.05) is 12.9 Å². The van der Waals surface area contributed by atoms with E-state index in [1.807, 2.05) is 0 Å². The quantitative estimate of drug-likeness (QED) is 0.592. The molecule has 14 heavy (non-hydrogen) atoms. The first-order chi connectivity index (χ1) is 6.72. The van der Waals surface area contributed by atoms with Crippen molar-refractivity contribution in [3.63, 3.8) is 0 Å². The summed E-state index contributed by atoms with van der Waals surface area (Å²) in [5.41, 5.74) is -0.279. The second-order valence-corrected chi connectivity index (χ2v) is 4.64. The van der Waals surface area contributed by atoms with E-state index in [9.17, 15) is 4.79 Å². The van der Waals surface area contributed by atoms with Gasteiger partial charge in [-0.05, 0) is 12.8 Å². The molecule has 0 aliphatic heterocycles. The topological polar surface area (TPSA) is 58.6 Å². The molecule has 5 heteroatoms. The van der Waals surface area contributed by atoms with Gasteiger partial charge in [0.1, 0.15) is 0 Å². The van der Waals surface area contributed by atoms with Gasteiger partial charge in [-0.25, -0.2) is 0 Å². The second kappa shape index (κ2) is 5.58. The molecule has 1 saturated carbocycles. The Kier molecular flexibility index (Phi) is 4.71. The zero-order valence-electron chi connectivity index (χ0n) is 8.41. The van der Waals surface area contributed by atoms with E-state index >= 15 is 0 Å². The van der Waals surface area contributed by atoms with Crippen LogP contribution in [0.15, 0.2) is 0 Å². The largest absolute Gasteiger partial charge is 0.394 e. The molecule has 1 rings (SSSR count). The van der Waals surface area contributed by atoms with Gasteiger partial charge in [-0.2, -0.15) is 0 Å². The van der Waals surface area contributed by atoms with E-state index in [0.717, 1.165) is 18.6 Å². The summed E-state index contributed by atoms with van der Waals surface area (Å²) < 4.78 is 4.87. The van der Waals surface area contributed by atoms with Gasteiger partial charge in [0.25, 0.3) is 0 Å². The molecule has 82 valence electrons. The highest BCUT2D eigenvalue weighted by Gasteiger charge is 2.43. The molecule has 2 N–H and O–H groups in total. The fraction of sp³-hybridized carbons (Fsp3) is 0.889. The van der Waals surface area contributed by atoms with E-state index in [2.05, 4.69) is 5.32 Å².